The van der Waals surface area contributed by atoms with Gasteiger partial charge in [-0.1, -0.05) is 12.1 Å². The summed E-state index contributed by atoms with van der Waals surface area (Å²) in [7, 11) is 0. The number of nitriles is 1. The standard InChI is InChI=1S/C22H23N3O3S/c1-3-25(13-15-5-4-6-19-20(15)28-10-9-27-19)22(26)16-11-18(14-7-8-14)24-21(29-2)17(16)12-23/h4-6,11,14H,3,7-10,13H2,1-2H3. The second-order valence-electron chi connectivity index (χ2n) is 7.13. The number of carbonyl (C=O) groups is 1. The summed E-state index contributed by atoms with van der Waals surface area (Å²) < 4.78 is 11.5. The fourth-order valence-corrected chi connectivity index (χ4v) is 4.07. The largest absolute Gasteiger partial charge is 0.486 e. The maximum atomic E-state index is 13.5. The molecule has 7 heteroatoms. The van der Waals surface area contributed by atoms with Gasteiger partial charge in [-0.2, -0.15) is 5.26 Å². The van der Waals surface area contributed by atoms with Crippen LogP contribution in [0.1, 0.15) is 52.9 Å². The van der Waals surface area contributed by atoms with Crippen LogP contribution in [0.2, 0.25) is 0 Å². The molecule has 0 bridgehead atoms. The van der Waals surface area contributed by atoms with Crippen LogP contribution >= 0.6 is 11.8 Å². The van der Waals surface area contributed by atoms with Gasteiger partial charge in [-0.25, -0.2) is 4.98 Å². The Hall–Kier alpha value is -2.72. The number of benzene rings is 1. The third-order valence-corrected chi connectivity index (χ3v) is 5.90. The van der Waals surface area contributed by atoms with Crippen LogP contribution in [-0.2, 0) is 6.54 Å². The van der Waals surface area contributed by atoms with Crippen LogP contribution in [0.4, 0.5) is 0 Å². The molecule has 29 heavy (non-hydrogen) atoms. The molecule has 150 valence electrons. The highest BCUT2D eigenvalue weighted by atomic mass is 32.2. The van der Waals surface area contributed by atoms with Crippen LogP contribution in [0.5, 0.6) is 11.5 Å². The fraction of sp³-hybridized carbons (Fsp3) is 0.409. The zero-order valence-corrected chi connectivity index (χ0v) is 17.4. The van der Waals surface area contributed by atoms with E-state index < -0.39 is 0 Å². The summed E-state index contributed by atoms with van der Waals surface area (Å²) in [6.45, 7) is 3.87. The molecule has 0 spiro atoms. The number of nitrogens with zero attached hydrogens (tertiary/aromatic N) is 3. The molecule has 1 saturated carbocycles. The number of aromatic nitrogens is 1. The minimum absolute atomic E-state index is 0.155. The van der Waals surface area contributed by atoms with Crippen LogP contribution in [0.15, 0.2) is 29.3 Å². The maximum absolute atomic E-state index is 13.5. The summed E-state index contributed by atoms with van der Waals surface area (Å²) in [5.74, 6) is 1.66. The summed E-state index contributed by atoms with van der Waals surface area (Å²) in [5, 5.41) is 10.3. The van der Waals surface area contributed by atoms with Crippen LogP contribution in [0.3, 0.4) is 0 Å². The van der Waals surface area contributed by atoms with Crippen molar-refractivity contribution in [3.63, 3.8) is 0 Å². The molecule has 2 aromatic rings. The first kappa shape index (κ1) is 19.6. The van der Waals surface area contributed by atoms with E-state index in [0.29, 0.717) is 59.9 Å². The Morgan fingerprint density at radius 2 is 2.14 bits per heavy atom. The van der Waals surface area contributed by atoms with Gasteiger partial charge < -0.3 is 14.4 Å². The molecule has 1 aromatic carbocycles. The van der Waals surface area contributed by atoms with E-state index in [1.165, 1.54) is 11.8 Å². The van der Waals surface area contributed by atoms with Gasteiger partial charge in [-0.3, -0.25) is 4.79 Å². The zero-order chi connectivity index (χ0) is 20.4. The first-order valence-corrected chi connectivity index (χ1v) is 11.0. The molecule has 1 amide bonds. The molecule has 0 radical (unpaired) electrons. The lowest BCUT2D eigenvalue weighted by Crippen LogP contribution is -2.31. The number of pyridine rings is 1. The minimum atomic E-state index is -0.155. The van der Waals surface area contributed by atoms with E-state index in [4.69, 9.17) is 9.47 Å². The molecule has 0 saturated heterocycles. The van der Waals surface area contributed by atoms with E-state index in [0.717, 1.165) is 24.1 Å². The number of ether oxygens (including phenoxy) is 2. The van der Waals surface area contributed by atoms with Crippen molar-refractivity contribution in [3.05, 3.63) is 46.6 Å². The normalized spacial score (nSPS) is 14.9. The number of para-hydroxylation sites is 1. The Balaban J connectivity index is 1.68. The number of fused-ring (bicyclic) bond motifs is 1. The average Bonchev–Trinajstić information content (AvgIpc) is 3.61. The van der Waals surface area contributed by atoms with Gasteiger partial charge in [0.1, 0.15) is 24.3 Å². The zero-order valence-electron chi connectivity index (χ0n) is 16.6. The Kier molecular flexibility index (Phi) is 5.63. The van der Waals surface area contributed by atoms with E-state index in [1.807, 2.05) is 37.4 Å². The van der Waals surface area contributed by atoms with Gasteiger partial charge in [0.25, 0.3) is 5.91 Å². The van der Waals surface area contributed by atoms with E-state index >= 15 is 0 Å². The van der Waals surface area contributed by atoms with Crippen molar-refractivity contribution in [2.75, 3.05) is 26.0 Å². The number of rotatable bonds is 6. The second-order valence-corrected chi connectivity index (χ2v) is 7.92. The van der Waals surface area contributed by atoms with E-state index in [-0.39, 0.29) is 5.91 Å². The lowest BCUT2D eigenvalue weighted by molar-refractivity contribution is 0.0748. The topological polar surface area (TPSA) is 75.5 Å². The van der Waals surface area contributed by atoms with Gasteiger partial charge in [-0.05, 0) is 38.2 Å². The molecule has 1 aromatic heterocycles. The van der Waals surface area contributed by atoms with E-state index in [9.17, 15) is 10.1 Å². The van der Waals surface area contributed by atoms with Gasteiger partial charge in [0.2, 0.25) is 0 Å². The lowest BCUT2D eigenvalue weighted by atomic mass is 10.1. The molecular formula is C22H23N3O3S. The molecule has 4 rings (SSSR count). The molecule has 1 aliphatic heterocycles. The van der Waals surface area contributed by atoms with Crippen molar-refractivity contribution < 1.29 is 14.3 Å². The Labute approximate surface area is 174 Å². The van der Waals surface area contributed by atoms with Gasteiger partial charge >= 0.3 is 0 Å². The highest BCUT2D eigenvalue weighted by molar-refractivity contribution is 7.98. The molecule has 0 N–H and O–H groups in total. The average molecular weight is 410 g/mol. The summed E-state index contributed by atoms with van der Waals surface area (Å²) in [6, 6.07) is 9.75. The molecular weight excluding hydrogens is 386 g/mol. The van der Waals surface area contributed by atoms with Crippen LogP contribution in [0.25, 0.3) is 0 Å². The predicted octanol–water partition coefficient (Wildman–Crippen LogP) is 3.99. The summed E-state index contributed by atoms with van der Waals surface area (Å²) >= 11 is 1.41. The quantitative estimate of drug-likeness (QED) is 0.672. The second kappa shape index (κ2) is 8.34. The molecule has 2 aliphatic rings. The Bertz CT molecular complexity index is 982. The maximum Gasteiger partial charge on any atom is 0.255 e. The highest BCUT2D eigenvalue weighted by Crippen LogP contribution is 2.41. The van der Waals surface area contributed by atoms with Gasteiger partial charge in [-0.15, -0.1) is 11.8 Å². The minimum Gasteiger partial charge on any atom is -0.486 e. The molecule has 0 unspecified atom stereocenters. The van der Waals surface area contributed by atoms with Crippen LogP contribution in [-0.4, -0.2) is 41.8 Å². The number of hydrogen-bond donors (Lipinski definition) is 0. The summed E-state index contributed by atoms with van der Waals surface area (Å²) in [4.78, 5) is 19.8. The molecule has 6 nitrogen and oxygen atoms in total. The number of amides is 1. The number of thioether (sulfide) groups is 1. The van der Waals surface area contributed by atoms with Crippen molar-refractivity contribution in [1.82, 2.24) is 9.88 Å². The van der Waals surface area contributed by atoms with E-state index in [2.05, 4.69) is 11.1 Å². The number of hydrogen-bond acceptors (Lipinski definition) is 6. The SMILES string of the molecule is CCN(Cc1cccc2c1OCCO2)C(=O)c1cc(C2CC2)nc(SC)c1C#N. The molecule has 0 atom stereocenters. The van der Waals surface area contributed by atoms with E-state index in [1.54, 1.807) is 4.90 Å². The summed E-state index contributed by atoms with van der Waals surface area (Å²) in [5.41, 5.74) is 2.62. The smallest absolute Gasteiger partial charge is 0.255 e. The Morgan fingerprint density at radius 1 is 1.34 bits per heavy atom. The summed E-state index contributed by atoms with van der Waals surface area (Å²) in [6.07, 6.45) is 4.07. The number of carbonyl (C=O) groups excluding carboxylic acids is 1. The third-order valence-electron chi connectivity index (χ3n) is 5.22. The van der Waals surface area contributed by atoms with Crippen LogP contribution in [0, 0.1) is 11.3 Å². The van der Waals surface area contributed by atoms with Gasteiger partial charge in [0.15, 0.2) is 11.5 Å². The van der Waals surface area contributed by atoms with Crippen molar-refractivity contribution in [2.24, 2.45) is 0 Å². The first-order valence-electron chi connectivity index (χ1n) is 9.82. The predicted molar refractivity (Wildman–Crippen MR) is 111 cm³/mol. The van der Waals surface area contributed by atoms with Crippen molar-refractivity contribution in [3.8, 4) is 17.6 Å². The highest BCUT2D eigenvalue weighted by Gasteiger charge is 2.30. The molecule has 1 aliphatic carbocycles. The van der Waals surface area contributed by atoms with Gasteiger partial charge in [0.05, 0.1) is 11.1 Å². The monoisotopic (exact) mass is 409 g/mol. The first-order chi connectivity index (χ1) is 14.2. The fourth-order valence-electron chi connectivity index (χ4n) is 3.52. The third kappa shape index (κ3) is 3.90. The van der Waals surface area contributed by atoms with Crippen molar-refractivity contribution >= 4 is 17.7 Å². The molecule has 2 heterocycles. The van der Waals surface area contributed by atoms with Crippen molar-refractivity contribution in [2.45, 2.75) is 37.3 Å². The molecule has 1 fully saturated rings. The Morgan fingerprint density at radius 3 is 2.83 bits per heavy atom. The lowest BCUT2D eigenvalue weighted by Gasteiger charge is -2.26. The van der Waals surface area contributed by atoms with Crippen LogP contribution < -0.4 is 9.47 Å². The van der Waals surface area contributed by atoms with Gasteiger partial charge in [0, 0.05) is 30.3 Å². The van der Waals surface area contributed by atoms with Crippen molar-refractivity contribution in [1.29, 1.82) is 5.26 Å².